The molecule has 0 atom stereocenters. The van der Waals surface area contributed by atoms with Gasteiger partial charge in [0, 0.05) is 56.4 Å². The van der Waals surface area contributed by atoms with Gasteiger partial charge in [0.15, 0.2) is 11.5 Å². The molecule has 15 heteroatoms. The highest BCUT2D eigenvalue weighted by Gasteiger charge is 2.37. The minimum Gasteiger partial charge on any atom is -0.480 e. The van der Waals surface area contributed by atoms with Gasteiger partial charge in [-0.05, 0) is 56.7 Å². The van der Waals surface area contributed by atoms with E-state index in [1.807, 2.05) is 13.1 Å². The minimum absolute atomic E-state index is 0.0206. The molecular formula is C36H43F3N8O4. The van der Waals surface area contributed by atoms with E-state index in [1.165, 1.54) is 6.42 Å². The molecule has 4 aromatic heterocycles. The van der Waals surface area contributed by atoms with Crippen molar-refractivity contribution < 1.29 is 32.5 Å². The van der Waals surface area contributed by atoms with E-state index in [0.717, 1.165) is 50.3 Å². The van der Waals surface area contributed by atoms with Gasteiger partial charge in [0.1, 0.15) is 29.3 Å². The minimum atomic E-state index is -4.59. The second kappa shape index (κ2) is 14.3. The molecule has 0 spiro atoms. The number of fused-ring (bicyclic) bond motifs is 1. The molecule has 12 nitrogen and oxygen atoms in total. The van der Waals surface area contributed by atoms with Gasteiger partial charge in [-0.25, -0.2) is 29.7 Å². The Balaban J connectivity index is 1.22. The molecule has 1 saturated heterocycles. The summed E-state index contributed by atoms with van der Waals surface area (Å²) in [5, 5.41) is 8.90. The molecule has 3 fully saturated rings. The highest BCUT2D eigenvalue weighted by molar-refractivity contribution is 5.91. The molecule has 4 aromatic rings. The number of aromatic nitrogens is 6. The first-order valence-corrected chi connectivity index (χ1v) is 17.6. The van der Waals surface area contributed by atoms with Crippen molar-refractivity contribution in [1.82, 2.24) is 29.9 Å². The van der Waals surface area contributed by atoms with Crippen LogP contribution in [0.25, 0.3) is 33.9 Å². The number of aliphatic carboxylic acids is 1. The monoisotopic (exact) mass is 708 g/mol. The lowest BCUT2D eigenvalue weighted by Gasteiger charge is -2.40. The number of carbonyl (C=O) groups is 1. The zero-order chi connectivity index (χ0) is 35.8. The number of ether oxygens (including phenoxy) is 2. The largest absolute Gasteiger partial charge is 0.480 e. The van der Waals surface area contributed by atoms with E-state index in [1.54, 1.807) is 25.6 Å². The Kier molecular flexibility index (Phi) is 9.85. The molecule has 3 aliphatic rings. The highest BCUT2D eigenvalue weighted by atomic mass is 19.4. The zero-order valence-corrected chi connectivity index (χ0v) is 28.9. The van der Waals surface area contributed by atoms with E-state index < -0.39 is 17.8 Å². The van der Waals surface area contributed by atoms with Crippen molar-refractivity contribution >= 4 is 28.6 Å². The van der Waals surface area contributed by atoms with Gasteiger partial charge in [0.25, 0.3) is 0 Å². The third kappa shape index (κ3) is 7.93. The lowest BCUT2D eigenvalue weighted by molar-refractivity contribution is -0.144. The van der Waals surface area contributed by atoms with Gasteiger partial charge in [-0.2, -0.15) is 13.2 Å². The Morgan fingerprint density at radius 1 is 1.02 bits per heavy atom. The van der Waals surface area contributed by atoms with Gasteiger partial charge < -0.3 is 29.4 Å². The number of hydrogen-bond donors (Lipinski definition) is 2. The Labute approximate surface area is 293 Å². The van der Waals surface area contributed by atoms with Crippen LogP contribution >= 0.6 is 0 Å². The highest BCUT2D eigenvalue weighted by Crippen LogP contribution is 2.43. The number of anilines is 2. The van der Waals surface area contributed by atoms with Crippen LogP contribution in [0, 0.1) is 5.41 Å². The molecule has 0 radical (unpaired) electrons. The van der Waals surface area contributed by atoms with Gasteiger partial charge in [-0.1, -0.05) is 19.3 Å². The van der Waals surface area contributed by atoms with Crippen molar-refractivity contribution in [2.45, 2.75) is 76.0 Å². The summed E-state index contributed by atoms with van der Waals surface area (Å²) in [7, 11) is 3.73. The number of alkyl halides is 3. The van der Waals surface area contributed by atoms with Crippen LogP contribution in [0.15, 0.2) is 30.6 Å². The van der Waals surface area contributed by atoms with Crippen molar-refractivity contribution in [3.05, 3.63) is 42.0 Å². The fraction of sp³-hybridized carbons (Fsp3) is 0.556. The van der Waals surface area contributed by atoms with Crippen LogP contribution in [0.3, 0.4) is 0 Å². The number of hydrogen-bond acceptors (Lipinski definition) is 10. The Morgan fingerprint density at radius 3 is 2.43 bits per heavy atom. The summed E-state index contributed by atoms with van der Waals surface area (Å²) in [6.07, 6.45) is 7.10. The van der Waals surface area contributed by atoms with Crippen LogP contribution in [0.1, 0.15) is 75.1 Å². The third-order valence-corrected chi connectivity index (χ3v) is 10.3. The van der Waals surface area contributed by atoms with E-state index in [4.69, 9.17) is 24.5 Å². The average Bonchev–Trinajstić information content (AvgIpc) is 3.89. The maximum Gasteiger partial charge on any atom is 0.433 e. The summed E-state index contributed by atoms with van der Waals surface area (Å²) in [5.41, 5.74) is 2.48. The van der Waals surface area contributed by atoms with Gasteiger partial charge >= 0.3 is 12.1 Å². The van der Waals surface area contributed by atoms with E-state index >= 15 is 0 Å². The normalized spacial score (nSPS) is 18.3. The first-order chi connectivity index (χ1) is 24.5. The first-order valence-electron chi connectivity index (χ1n) is 17.6. The molecule has 1 aliphatic heterocycles. The molecule has 272 valence electrons. The van der Waals surface area contributed by atoms with Crippen molar-refractivity contribution in [2.24, 2.45) is 5.41 Å². The molecule has 5 heterocycles. The van der Waals surface area contributed by atoms with Crippen LogP contribution in [-0.2, 0) is 20.4 Å². The van der Waals surface area contributed by atoms with Gasteiger partial charge in [-0.15, -0.1) is 0 Å². The predicted octanol–water partition coefficient (Wildman–Crippen LogP) is 6.48. The van der Waals surface area contributed by atoms with E-state index in [2.05, 4.69) is 29.7 Å². The van der Waals surface area contributed by atoms with Crippen LogP contribution < -0.4 is 9.80 Å². The summed E-state index contributed by atoms with van der Waals surface area (Å²) in [6.45, 7) is 2.31. The number of carboxylic acids is 1. The van der Waals surface area contributed by atoms with E-state index in [-0.39, 0.29) is 24.0 Å². The molecule has 0 aromatic carbocycles. The number of halogens is 3. The van der Waals surface area contributed by atoms with Crippen LogP contribution in [0.2, 0.25) is 0 Å². The zero-order valence-electron chi connectivity index (χ0n) is 28.9. The lowest BCUT2D eigenvalue weighted by Crippen LogP contribution is -2.40. The third-order valence-electron chi connectivity index (χ3n) is 10.3. The Bertz CT molecular complexity index is 1840. The number of pyridine rings is 2. The Hall–Kier alpha value is -4.37. The summed E-state index contributed by atoms with van der Waals surface area (Å²) in [5.74, 6) is 0.169. The number of rotatable bonds is 12. The summed E-state index contributed by atoms with van der Waals surface area (Å²) >= 11 is 0. The molecule has 2 aliphatic carbocycles. The van der Waals surface area contributed by atoms with Crippen LogP contribution in [0.4, 0.5) is 24.7 Å². The second-order valence-corrected chi connectivity index (χ2v) is 14.2. The fourth-order valence-electron chi connectivity index (χ4n) is 7.57. The number of imidazole rings is 1. The predicted molar refractivity (Wildman–Crippen MR) is 185 cm³/mol. The van der Waals surface area contributed by atoms with Crippen LogP contribution in [0.5, 0.6) is 0 Å². The summed E-state index contributed by atoms with van der Waals surface area (Å²) < 4.78 is 53.3. The summed E-state index contributed by atoms with van der Waals surface area (Å²) in [6, 6.07) is 4.66. The van der Waals surface area contributed by atoms with Crippen molar-refractivity contribution in [3.8, 4) is 22.8 Å². The van der Waals surface area contributed by atoms with E-state index in [9.17, 15) is 18.0 Å². The number of carboxylic acid groups (broad SMARTS) is 1. The van der Waals surface area contributed by atoms with Gasteiger partial charge in [-0.3, -0.25) is 0 Å². The van der Waals surface area contributed by atoms with Gasteiger partial charge in [0.2, 0.25) is 0 Å². The van der Waals surface area contributed by atoms with E-state index in [0.29, 0.717) is 84.5 Å². The molecule has 0 unspecified atom stereocenters. The SMILES string of the molecule is COCC1(CN(C)c2cc(-c3cc(C4CC4)nc(C(F)(F)F)c3)nc3nc(-c4cnc(N5CCC(OCC(=O)O)CC5)cn4)[nH]c23)CCCCC1. The fourth-order valence-corrected chi connectivity index (χ4v) is 7.57. The van der Waals surface area contributed by atoms with Gasteiger partial charge in [0.05, 0.1) is 36.5 Å². The van der Waals surface area contributed by atoms with Crippen molar-refractivity contribution in [3.63, 3.8) is 0 Å². The molecule has 0 bridgehead atoms. The average molecular weight is 709 g/mol. The standard InChI is InChI=1S/C36H43F3N8O4/c1-46(20-35(21-50-2)10-4-3-5-11-35)28-16-26(23-14-25(22-6-7-22)42-29(15-23)36(37,38)39)43-34-32(28)44-33(45-34)27-17-41-30(18-40-27)47-12-8-24(9-13-47)51-19-31(48)49/h14-18,22,24H,3-13,19-21H2,1-2H3,(H,48,49)(H,43,44,45). The number of H-pyrrole nitrogens is 1. The van der Waals surface area contributed by atoms with Crippen LogP contribution in [-0.4, -0.2) is 94.1 Å². The molecule has 51 heavy (non-hydrogen) atoms. The molecular weight excluding hydrogens is 665 g/mol. The van der Waals surface area contributed by atoms with Crippen molar-refractivity contribution in [2.75, 3.05) is 56.8 Å². The maximum absolute atomic E-state index is 14.0. The smallest absolute Gasteiger partial charge is 0.433 e. The lowest BCUT2D eigenvalue weighted by atomic mass is 9.74. The first kappa shape index (κ1) is 35.1. The molecule has 2 saturated carbocycles. The number of nitrogens with zero attached hydrogens (tertiary/aromatic N) is 7. The Morgan fingerprint density at radius 2 is 1.78 bits per heavy atom. The number of aromatic amines is 1. The summed E-state index contributed by atoms with van der Waals surface area (Å²) in [4.78, 5) is 41.4. The molecule has 2 N–H and O–H groups in total. The number of piperidine rings is 1. The topological polar surface area (TPSA) is 142 Å². The van der Waals surface area contributed by atoms with Crippen molar-refractivity contribution in [1.29, 1.82) is 0 Å². The molecule has 7 rings (SSSR count). The second-order valence-electron chi connectivity index (χ2n) is 14.2. The number of methoxy groups -OCH3 is 1. The maximum atomic E-state index is 14.0. The number of nitrogens with one attached hydrogen (secondary N) is 1. The molecule has 0 amide bonds. The quantitative estimate of drug-likeness (QED) is 0.167.